The van der Waals surface area contributed by atoms with Gasteiger partial charge in [0.2, 0.25) is 5.89 Å². The lowest BCUT2D eigenvalue weighted by atomic mass is 10.2. The van der Waals surface area contributed by atoms with E-state index in [1.165, 1.54) is 0 Å². The molecule has 0 saturated carbocycles. The molecule has 0 spiro atoms. The van der Waals surface area contributed by atoms with Crippen molar-refractivity contribution in [2.24, 2.45) is 0 Å². The second-order valence-electron chi connectivity index (χ2n) is 5.82. The Kier molecular flexibility index (Phi) is 5.08. The molecule has 2 aromatic heterocycles. The third kappa shape index (κ3) is 3.89. The molecule has 0 radical (unpaired) electrons. The molecule has 0 unspecified atom stereocenters. The molecule has 3 aromatic rings. The molecule has 1 saturated heterocycles. The minimum atomic E-state index is 0.584. The number of nitrogens with zero attached hydrogens (tertiary/aromatic N) is 4. The molecule has 0 N–H and O–H groups in total. The Balaban J connectivity index is 1.36. The molecule has 130 valence electrons. The quantitative estimate of drug-likeness (QED) is 0.597. The SMILES string of the molecule is Clc1ccccc1N1CCN(Cc2nnc(-c3ccc(Br)s3)o2)CC1. The van der Waals surface area contributed by atoms with Crippen LogP contribution in [-0.4, -0.2) is 41.3 Å². The molecule has 0 bridgehead atoms. The van der Waals surface area contributed by atoms with E-state index < -0.39 is 0 Å². The van der Waals surface area contributed by atoms with Crippen LogP contribution in [-0.2, 0) is 6.54 Å². The summed E-state index contributed by atoms with van der Waals surface area (Å²) in [7, 11) is 0. The van der Waals surface area contributed by atoms with Gasteiger partial charge < -0.3 is 9.32 Å². The topological polar surface area (TPSA) is 45.4 Å². The van der Waals surface area contributed by atoms with Gasteiger partial charge in [0, 0.05) is 26.2 Å². The molecule has 3 heterocycles. The van der Waals surface area contributed by atoms with Crippen molar-refractivity contribution in [3.8, 4) is 10.8 Å². The number of rotatable bonds is 4. The molecule has 4 rings (SSSR count). The van der Waals surface area contributed by atoms with Gasteiger partial charge in [-0.15, -0.1) is 21.5 Å². The summed E-state index contributed by atoms with van der Waals surface area (Å²) in [5.74, 6) is 1.24. The van der Waals surface area contributed by atoms with E-state index in [9.17, 15) is 0 Å². The van der Waals surface area contributed by atoms with Crippen LogP contribution in [0.4, 0.5) is 5.69 Å². The van der Waals surface area contributed by atoms with Gasteiger partial charge in [-0.1, -0.05) is 23.7 Å². The first-order valence-electron chi connectivity index (χ1n) is 7.99. The maximum absolute atomic E-state index is 6.30. The predicted molar refractivity (Wildman–Crippen MR) is 104 cm³/mol. The summed E-state index contributed by atoms with van der Waals surface area (Å²) in [5.41, 5.74) is 1.10. The zero-order valence-corrected chi connectivity index (χ0v) is 16.5. The van der Waals surface area contributed by atoms with Crippen LogP contribution in [0.15, 0.2) is 44.6 Å². The highest BCUT2D eigenvalue weighted by molar-refractivity contribution is 9.11. The van der Waals surface area contributed by atoms with Crippen LogP contribution in [0.2, 0.25) is 5.02 Å². The number of thiophene rings is 1. The lowest BCUT2D eigenvalue weighted by molar-refractivity contribution is 0.227. The van der Waals surface area contributed by atoms with Crippen molar-refractivity contribution in [1.82, 2.24) is 15.1 Å². The molecule has 1 aromatic carbocycles. The fourth-order valence-electron chi connectivity index (χ4n) is 2.89. The van der Waals surface area contributed by atoms with Gasteiger partial charge in [0.15, 0.2) is 0 Å². The molecule has 1 aliphatic heterocycles. The molecule has 8 heteroatoms. The summed E-state index contributed by atoms with van der Waals surface area (Å²) in [6, 6.07) is 12.0. The van der Waals surface area contributed by atoms with Crippen LogP contribution in [0, 0.1) is 0 Å². The van der Waals surface area contributed by atoms with Gasteiger partial charge in [-0.25, -0.2) is 0 Å². The Morgan fingerprint density at radius 3 is 2.60 bits per heavy atom. The van der Waals surface area contributed by atoms with Crippen molar-refractivity contribution in [3.63, 3.8) is 0 Å². The molecule has 25 heavy (non-hydrogen) atoms. The Morgan fingerprint density at radius 2 is 1.88 bits per heavy atom. The monoisotopic (exact) mass is 438 g/mol. The molecule has 0 aliphatic carbocycles. The van der Waals surface area contributed by atoms with Gasteiger partial charge in [0.25, 0.3) is 5.89 Å². The van der Waals surface area contributed by atoms with E-state index >= 15 is 0 Å². The molecular formula is C17H16BrClN4OS. The number of para-hydroxylation sites is 1. The van der Waals surface area contributed by atoms with Crippen LogP contribution < -0.4 is 4.90 Å². The maximum Gasteiger partial charge on any atom is 0.257 e. The summed E-state index contributed by atoms with van der Waals surface area (Å²) < 4.78 is 6.86. The Morgan fingerprint density at radius 1 is 1.08 bits per heavy atom. The Hall–Kier alpha value is -1.41. The van der Waals surface area contributed by atoms with Crippen molar-refractivity contribution in [3.05, 3.63) is 51.1 Å². The lowest BCUT2D eigenvalue weighted by Gasteiger charge is -2.35. The number of aromatic nitrogens is 2. The largest absolute Gasteiger partial charge is 0.419 e. The minimum absolute atomic E-state index is 0.584. The third-order valence-electron chi connectivity index (χ3n) is 4.18. The second kappa shape index (κ2) is 7.45. The fourth-order valence-corrected chi connectivity index (χ4v) is 4.46. The number of halogens is 2. The minimum Gasteiger partial charge on any atom is -0.419 e. The zero-order chi connectivity index (χ0) is 17.2. The van der Waals surface area contributed by atoms with Gasteiger partial charge in [-0.3, -0.25) is 4.90 Å². The first-order valence-corrected chi connectivity index (χ1v) is 9.98. The Labute approximate surface area is 163 Å². The fraction of sp³-hybridized carbons (Fsp3) is 0.294. The van der Waals surface area contributed by atoms with Gasteiger partial charge in [-0.2, -0.15) is 0 Å². The van der Waals surface area contributed by atoms with Crippen LogP contribution in [0.3, 0.4) is 0 Å². The van der Waals surface area contributed by atoms with Crippen molar-refractivity contribution in [2.45, 2.75) is 6.54 Å². The number of anilines is 1. The highest BCUT2D eigenvalue weighted by Crippen LogP contribution is 2.30. The zero-order valence-electron chi connectivity index (χ0n) is 13.4. The summed E-state index contributed by atoms with van der Waals surface area (Å²) in [4.78, 5) is 5.63. The van der Waals surface area contributed by atoms with Crippen LogP contribution in [0.25, 0.3) is 10.8 Å². The standard InChI is InChI=1S/C17H16BrClN4OS/c18-15-6-5-14(25-15)17-21-20-16(24-17)11-22-7-9-23(10-8-22)13-4-2-1-3-12(13)19/h1-6H,7-11H2. The first-order chi connectivity index (χ1) is 12.2. The lowest BCUT2D eigenvalue weighted by Crippen LogP contribution is -2.46. The Bertz CT molecular complexity index is 860. The molecular weight excluding hydrogens is 424 g/mol. The van der Waals surface area contributed by atoms with E-state index in [2.05, 4.69) is 42.0 Å². The van der Waals surface area contributed by atoms with E-state index in [0.717, 1.165) is 45.6 Å². The summed E-state index contributed by atoms with van der Waals surface area (Å²) in [6.45, 7) is 4.42. The number of hydrogen-bond donors (Lipinski definition) is 0. The molecule has 1 aliphatic rings. The van der Waals surface area contributed by atoms with Gasteiger partial charge in [0.05, 0.1) is 25.9 Å². The first kappa shape index (κ1) is 17.0. The number of piperazine rings is 1. The summed E-state index contributed by atoms with van der Waals surface area (Å²) in [6.07, 6.45) is 0. The van der Waals surface area contributed by atoms with Gasteiger partial charge in [-0.05, 0) is 40.2 Å². The van der Waals surface area contributed by atoms with E-state index in [1.54, 1.807) is 11.3 Å². The highest BCUT2D eigenvalue weighted by Gasteiger charge is 2.21. The van der Waals surface area contributed by atoms with Crippen LogP contribution >= 0.6 is 38.9 Å². The highest BCUT2D eigenvalue weighted by atomic mass is 79.9. The molecule has 5 nitrogen and oxygen atoms in total. The van der Waals surface area contributed by atoms with E-state index in [0.29, 0.717) is 18.3 Å². The average Bonchev–Trinajstić information content (AvgIpc) is 3.25. The van der Waals surface area contributed by atoms with Gasteiger partial charge >= 0.3 is 0 Å². The normalized spacial score (nSPS) is 15.7. The summed E-state index contributed by atoms with van der Waals surface area (Å²) >= 11 is 11.3. The van der Waals surface area contributed by atoms with E-state index in [1.807, 2.05) is 30.3 Å². The van der Waals surface area contributed by atoms with Crippen molar-refractivity contribution >= 4 is 44.6 Å². The summed E-state index contributed by atoms with van der Waals surface area (Å²) in [5, 5.41) is 9.15. The van der Waals surface area contributed by atoms with Crippen molar-refractivity contribution in [2.75, 3.05) is 31.1 Å². The average molecular weight is 440 g/mol. The smallest absolute Gasteiger partial charge is 0.257 e. The van der Waals surface area contributed by atoms with Crippen LogP contribution in [0.1, 0.15) is 5.89 Å². The van der Waals surface area contributed by atoms with E-state index in [4.69, 9.17) is 16.0 Å². The maximum atomic E-state index is 6.30. The third-order valence-corrected chi connectivity index (χ3v) is 6.11. The second-order valence-corrected chi connectivity index (χ2v) is 8.69. The van der Waals surface area contributed by atoms with E-state index in [-0.39, 0.29) is 0 Å². The van der Waals surface area contributed by atoms with Gasteiger partial charge in [0.1, 0.15) is 0 Å². The number of hydrogen-bond acceptors (Lipinski definition) is 6. The van der Waals surface area contributed by atoms with Crippen molar-refractivity contribution in [1.29, 1.82) is 0 Å². The molecule has 0 atom stereocenters. The number of benzene rings is 1. The molecule has 0 amide bonds. The predicted octanol–water partition coefficient (Wildman–Crippen LogP) is 4.54. The van der Waals surface area contributed by atoms with Crippen molar-refractivity contribution < 1.29 is 4.42 Å². The van der Waals surface area contributed by atoms with Crippen LogP contribution in [0.5, 0.6) is 0 Å². The molecule has 1 fully saturated rings.